The van der Waals surface area contributed by atoms with Crippen LogP contribution in [0.25, 0.3) is 0 Å². The van der Waals surface area contributed by atoms with E-state index in [9.17, 15) is 8.42 Å². The third-order valence-corrected chi connectivity index (χ3v) is 5.03. The topological polar surface area (TPSA) is 68.7 Å². The molecule has 6 nitrogen and oxygen atoms in total. The fourth-order valence-electron chi connectivity index (χ4n) is 2.17. The summed E-state index contributed by atoms with van der Waals surface area (Å²) in [5.74, 6) is 0.690. The highest BCUT2D eigenvalue weighted by Crippen LogP contribution is 2.19. The summed E-state index contributed by atoms with van der Waals surface area (Å²) in [4.78, 5) is 3.98. The van der Waals surface area contributed by atoms with Crippen LogP contribution in [0.3, 0.4) is 0 Å². The van der Waals surface area contributed by atoms with Crippen molar-refractivity contribution in [3.63, 3.8) is 0 Å². The Labute approximate surface area is 126 Å². The van der Waals surface area contributed by atoms with Gasteiger partial charge in [0.15, 0.2) is 0 Å². The molecule has 0 aromatic carbocycles. The number of pyridine rings is 1. The molecule has 2 heterocycles. The molecule has 0 radical (unpaired) electrons. The highest BCUT2D eigenvalue weighted by atomic mass is 32.2. The second-order valence-corrected chi connectivity index (χ2v) is 7.40. The van der Waals surface area contributed by atoms with Crippen molar-refractivity contribution in [3.05, 3.63) is 24.5 Å². The van der Waals surface area contributed by atoms with Gasteiger partial charge >= 0.3 is 0 Å². The van der Waals surface area contributed by atoms with Crippen LogP contribution in [0.5, 0.6) is 5.75 Å². The Hall–Kier alpha value is -1.18. The monoisotopic (exact) mass is 314 g/mol. The van der Waals surface area contributed by atoms with Crippen molar-refractivity contribution in [1.82, 2.24) is 9.29 Å². The van der Waals surface area contributed by atoms with Gasteiger partial charge in [0.2, 0.25) is 10.0 Å². The number of sulfonamides is 1. The zero-order chi connectivity index (χ0) is 15.3. The molecule has 1 aliphatic rings. The van der Waals surface area contributed by atoms with Crippen LogP contribution in [-0.2, 0) is 14.8 Å². The van der Waals surface area contributed by atoms with Crippen LogP contribution in [0.15, 0.2) is 24.5 Å². The normalized spacial score (nSPS) is 20.0. The van der Waals surface area contributed by atoms with Gasteiger partial charge in [-0.3, -0.25) is 4.98 Å². The van der Waals surface area contributed by atoms with E-state index in [1.54, 1.807) is 18.5 Å². The second-order valence-electron chi connectivity index (χ2n) is 5.31. The van der Waals surface area contributed by atoms with Crippen molar-refractivity contribution in [2.45, 2.75) is 32.5 Å². The highest BCUT2D eigenvalue weighted by molar-refractivity contribution is 7.89. The zero-order valence-corrected chi connectivity index (χ0v) is 13.3. The predicted octanol–water partition coefficient (Wildman–Crippen LogP) is 1.29. The quantitative estimate of drug-likeness (QED) is 0.758. The maximum Gasteiger partial charge on any atom is 0.216 e. The minimum Gasteiger partial charge on any atom is -0.487 e. The summed E-state index contributed by atoms with van der Waals surface area (Å²) >= 11 is 0. The number of nitrogens with zero attached hydrogens (tertiary/aromatic N) is 2. The second kappa shape index (κ2) is 7.20. The number of aromatic nitrogens is 1. The van der Waals surface area contributed by atoms with Gasteiger partial charge in [0.05, 0.1) is 31.2 Å². The summed E-state index contributed by atoms with van der Waals surface area (Å²) in [7, 11) is -3.27. The van der Waals surface area contributed by atoms with Crippen molar-refractivity contribution in [3.8, 4) is 5.75 Å². The van der Waals surface area contributed by atoms with Crippen molar-refractivity contribution < 1.29 is 17.9 Å². The van der Waals surface area contributed by atoms with Gasteiger partial charge in [0.1, 0.15) is 11.9 Å². The molecular weight excluding hydrogens is 292 g/mol. The molecule has 1 atom stereocenters. The molecule has 1 aromatic heterocycles. The number of hydrogen-bond acceptors (Lipinski definition) is 5. The van der Waals surface area contributed by atoms with E-state index in [4.69, 9.17) is 9.47 Å². The Balaban J connectivity index is 1.83. The first kappa shape index (κ1) is 16.2. The molecule has 7 heteroatoms. The third kappa shape index (κ3) is 4.94. The van der Waals surface area contributed by atoms with Gasteiger partial charge in [-0.1, -0.05) is 0 Å². The van der Waals surface area contributed by atoms with Crippen LogP contribution in [0.1, 0.15) is 20.3 Å². The molecule has 0 amide bonds. The van der Waals surface area contributed by atoms with Gasteiger partial charge in [-0.25, -0.2) is 8.42 Å². The highest BCUT2D eigenvalue weighted by Gasteiger charge is 2.32. The minimum absolute atomic E-state index is 0.0186. The number of hydrogen-bond donors (Lipinski definition) is 0. The van der Waals surface area contributed by atoms with E-state index in [1.807, 2.05) is 19.9 Å². The predicted molar refractivity (Wildman–Crippen MR) is 79.7 cm³/mol. The fourth-order valence-corrected chi connectivity index (χ4v) is 3.52. The first-order chi connectivity index (χ1) is 9.97. The molecular formula is C14H22N2O4S. The first-order valence-corrected chi connectivity index (χ1v) is 8.74. The summed E-state index contributed by atoms with van der Waals surface area (Å²) in [5, 5.41) is 0. The molecule has 0 bridgehead atoms. The van der Waals surface area contributed by atoms with E-state index in [1.165, 1.54) is 4.31 Å². The molecule has 1 aliphatic heterocycles. The Morgan fingerprint density at radius 1 is 1.48 bits per heavy atom. The largest absolute Gasteiger partial charge is 0.487 e. The van der Waals surface area contributed by atoms with Crippen molar-refractivity contribution >= 4 is 10.0 Å². The molecule has 1 saturated heterocycles. The van der Waals surface area contributed by atoms with E-state index >= 15 is 0 Å². The molecule has 1 aromatic rings. The van der Waals surface area contributed by atoms with Crippen LogP contribution in [0, 0.1) is 0 Å². The van der Waals surface area contributed by atoms with Gasteiger partial charge in [-0.15, -0.1) is 0 Å². The number of ether oxygens (including phenoxy) is 2. The lowest BCUT2D eigenvalue weighted by molar-refractivity contribution is 0.0907. The standard InChI is InChI=1S/C14H22N2O4S/c1-12(2)19-8-9-21(17,18)16-7-5-14(11-16)20-13-4-3-6-15-10-13/h3-4,6,10,12,14H,5,7-9,11H2,1-2H3. The summed E-state index contributed by atoms with van der Waals surface area (Å²) < 4.78 is 36.9. The first-order valence-electron chi connectivity index (χ1n) is 7.13. The molecule has 0 spiro atoms. The van der Waals surface area contributed by atoms with Crippen LogP contribution in [0.2, 0.25) is 0 Å². The van der Waals surface area contributed by atoms with Crippen molar-refractivity contribution in [1.29, 1.82) is 0 Å². The van der Waals surface area contributed by atoms with Gasteiger partial charge in [-0.2, -0.15) is 4.31 Å². The molecule has 21 heavy (non-hydrogen) atoms. The lowest BCUT2D eigenvalue weighted by Crippen LogP contribution is -2.34. The summed E-state index contributed by atoms with van der Waals surface area (Å²) in [6.07, 6.45) is 3.93. The Kier molecular flexibility index (Phi) is 5.55. The Bertz CT molecular complexity index is 533. The van der Waals surface area contributed by atoms with Gasteiger partial charge in [-0.05, 0) is 32.4 Å². The molecule has 118 valence electrons. The lowest BCUT2D eigenvalue weighted by atomic mass is 10.3. The summed E-state index contributed by atoms with van der Waals surface area (Å²) in [6, 6.07) is 3.61. The van der Waals surface area contributed by atoms with E-state index in [-0.39, 0.29) is 24.6 Å². The van der Waals surface area contributed by atoms with E-state index in [0.717, 1.165) is 0 Å². The molecule has 2 rings (SSSR count). The van der Waals surface area contributed by atoms with Crippen LogP contribution in [-0.4, -0.2) is 55.4 Å². The van der Waals surface area contributed by atoms with Gasteiger partial charge < -0.3 is 9.47 Å². The van der Waals surface area contributed by atoms with E-state index in [2.05, 4.69) is 4.98 Å². The average molecular weight is 314 g/mol. The van der Waals surface area contributed by atoms with Crippen LogP contribution in [0.4, 0.5) is 0 Å². The number of rotatable bonds is 7. The van der Waals surface area contributed by atoms with Gasteiger partial charge in [0.25, 0.3) is 0 Å². The Morgan fingerprint density at radius 3 is 2.95 bits per heavy atom. The van der Waals surface area contributed by atoms with Crippen molar-refractivity contribution in [2.24, 2.45) is 0 Å². The van der Waals surface area contributed by atoms with Crippen LogP contribution >= 0.6 is 0 Å². The average Bonchev–Trinajstić information content (AvgIpc) is 2.88. The zero-order valence-electron chi connectivity index (χ0n) is 12.4. The lowest BCUT2D eigenvalue weighted by Gasteiger charge is -2.17. The molecule has 0 saturated carbocycles. The Morgan fingerprint density at radius 2 is 2.29 bits per heavy atom. The SMILES string of the molecule is CC(C)OCCS(=O)(=O)N1CCC(Oc2cccnc2)C1. The fraction of sp³-hybridized carbons (Fsp3) is 0.643. The molecule has 1 unspecified atom stereocenters. The maximum atomic E-state index is 12.2. The van der Waals surface area contributed by atoms with Crippen molar-refractivity contribution in [2.75, 3.05) is 25.4 Å². The van der Waals surface area contributed by atoms with E-state index in [0.29, 0.717) is 25.3 Å². The molecule has 1 fully saturated rings. The summed E-state index contributed by atoms with van der Waals surface area (Å²) in [6.45, 7) is 4.89. The molecule has 0 aliphatic carbocycles. The van der Waals surface area contributed by atoms with Gasteiger partial charge in [0, 0.05) is 12.7 Å². The third-order valence-electron chi connectivity index (χ3n) is 3.23. The summed E-state index contributed by atoms with van der Waals surface area (Å²) in [5.41, 5.74) is 0. The smallest absolute Gasteiger partial charge is 0.216 e. The van der Waals surface area contributed by atoms with E-state index < -0.39 is 10.0 Å². The van der Waals surface area contributed by atoms with Crippen LogP contribution < -0.4 is 4.74 Å². The molecule has 0 N–H and O–H groups in total. The maximum absolute atomic E-state index is 12.2. The minimum atomic E-state index is -3.27.